The molecule has 0 aliphatic carbocycles. The van der Waals surface area contributed by atoms with Crippen molar-refractivity contribution in [3.8, 4) is 0 Å². The van der Waals surface area contributed by atoms with Crippen molar-refractivity contribution >= 4 is 11.7 Å². The number of ether oxygens (including phenoxy) is 1. The van der Waals surface area contributed by atoms with Crippen molar-refractivity contribution in [3.05, 3.63) is 29.3 Å². The van der Waals surface area contributed by atoms with Crippen LogP contribution in [0.25, 0.3) is 0 Å². The quantitative estimate of drug-likeness (QED) is 0.758. The second kappa shape index (κ2) is 4.06. The molecule has 0 aromatic heterocycles. The van der Waals surface area contributed by atoms with Crippen LogP contribution in [-0.4, -0.2) is 17.6 Å². The van der Waals surface area contributed by atoms with E-state index in [1.807, 2.05) is 27.7 Å². The molecule has 92 valence electrons. The monoisotopic (exact) mass is 233 g/mol. The lowest BCUT2D eigenvalue weighted by molar-refractivity contribution is -0.155. The molecule has 0 bridgehead atoms. The van der Waals surface area contributed by atoms with Crippen LogP contribution in [0, 0.1) is 6.92 Å². The van der Waals surface area contributed by atoms with Gasteiger partial charge in [0.1, 0.15) is 11.6 Å². The third-order valence-corrected chi connectivity index (χ3v) is 2.71. The predicted octanol–water partition coefficient (Wildman–Crippen LogP) is 2.67. The Kier molecular flexibility index (Phi) is 2.86. The van der Waals surface area contributed by atoms with E-state index in [-0.39, 0.29) is 12.0 Å². The Morgan fingerprint density at radius 2 is 2.12 bits per heavy atom. The summed E-state index contributed by atoms with van der Waals surface area (Å²) in [6.07, 6.45) is 0.713. The summed E-state index contributed by atoms with van der Waals surface area (Å²) in [5.74, 6) is -0.175. The SMILES string of the molecule is Cc1ccc2c(c1)N[C@H](C(=O)OC(C)(C)C)C2. The Morgan fingerprint density at radius 1 is 1.41 bits per heavy atom. The summed E-state index contributed by atoms with van der Waals surface area (Å²) in [4.78, 5) is 11.9. The third kappa shape index (κ3) is 2.78. The van der Waals surface area contributed by atoms with Gasteiger partial charge in [0.15, 0.2) is 0 Å². The number of benzene rings is 1. The zero-order chi connectivity index (χ0) is 12.6. The maximum Gasteiger partial charge on any atom is 0.329 e. The molecule has 0 radical (unpaired) electrons. The minimum Gasteiger partial charge on any atom is -0.458 e. The standard InChI is InChI=1S/C14H19NO2/c1-9-5-6-10-8-12(15-11(10)7-9)13(16)17-14(2,3)4/h5-7,12,15H,8H2,1-4H3/t12-/m0/s1. The van der Waals surface area contributed by atoms with Crippen LogP contribution >= 0.6 is 0 Å². The van der Waals surface area contributed by atoms with Gasteiger partial charge in [-0.25, -0.2) is 4.79 Å². The van der Waals surface area contributed by atoms with Gasteiger partial charge in [-0.05, 0) is 44.9 Å². The molecule has 3 nitrogen and oxygen atoms in total. The molecule has 2 rings (SSSR count). The average molecular weight is 233 g/mol. The molecule has 0 fully saturated rings. The van der Waals surface area contributed by atoms with Gasteiger partial charge >= 0.3 is 5.97 Å². The van der Waals surface area contributed by atoms with Gasteiger partial charge in [0.05, 0.1) is 0 Å². The number of anilines is 1. The van der Waals surface area contributed by atoms with Gasteiger partial charge in [-0.2, -0.15) is 0 Å². The van der Waals surface area contributed by atoms with Gasteiger partial charge in [-0.1, -0.05) is 12.1 Å². The zero-order valence-electron chi connectivity index (χ0n) is 10.8. The number of nitrogens with one attached hydrogen (secondary N) is 1. The van der Waals surface area contributed by atoms with Gasteiger partial charge in [-0.15, -0.1) is 0 Å². The number of esters is 1. The van der Waals surface area contributed by atoms with Crippen LogP contribution in [0.3, 0.4) is 0 Å². The molecule has 0 spiro atoms. The van der Waals surface area contributed by atoms with E-state index in [1.54, 1.807) is 0 Å². The lowest BCUT2D eigenvalue weighted by atomic mass is 10.1. The highest BCUT2D eigenvalue weighted by atomic mass is 16.6. The maximum atomic E-state index is 11.9. The summed E-state index contributed by atoms with van der Waals surface area (Å²) in [5.41, 5.74) is 3.01. The molecule has 0 unspecified atom stereocenters. The summed E-state index contributed by atoms with van der Waals surface area (Å²) >= 11 is 0. The Bertz CT molecular complexity index is 446. The number of hydrogen-bond acceptors (Lipinski definition) is 3. The van der Waals surface area contributed by atoms with Crippen LogP contribution in [0.2, 0.25) is 0 Å². The second-order valence-corrected chi connectivity index (χ2v) is 5.60. The highest BCUT2D eigenvalue weighted by Gasteiger charge is 2.30. The first-order valence-electron chi connectivity index (χ1n) is 5.94. The molecular weight excluding hydrogens is 214 g/mol. The molecule has 3 heteroatoms. The van der Waals surface area contributed by atoms with E-state index in [1.165, 1.54) is 11.1 Å². The molecule has 1 aromatic carbocycles. The summed E-state index contributed by atoms with van der Waals surface area (Å²) in [6.45, 7) is 7.70. The van der Waals surface area contributed by atoms with Gasteiger partial charge in [0, 0.05) is 12.1 Å². The summed E-state index contributed by atoms with van der Waals surface area (Å²) < 4.78 is 5.38. The van der Waals surface area contributed by atoms with E-state index < -0.39 is 5.60 Å². The van der Waals surface area contributed by atoms with Crippen LogP contribution in [-0.2, 0) is 16.0 Å². The predicted molar refractivity (Wildman–Crippen MR) is 68.1 cm³/mol. The molecule has 0 saturated carbocycles. The molecule has 17 heavy (non-hydrogen) atoms. The fourth-order valence-electron chi connectivity index (χ4n) is 1.98. The largest absolute Gasteiger partial charge is 0.458 e. The lowest BCUT2D eigenvalue weighted by Crippen LogP contribution is -2.35. The Balaban J connectivity index is 2.07. The molecule has 1 N–H and O–H groups in total. The van der Waals surface area contributed by atoms with E-state index in [2.05, 4.69) is 23.5 Å². The third-order valence-electron chi connectivity index (χ3n) is 2.71. The van der Waals surface area contributed by atoms with Crippen molar-refractivity contribution in [2.75, 3.05) is 5.32 Å². The van der Waals surface area contributed by atoms with Crippen molar-refractivity contribution in [3.63, 3.8) is 0 Å². The van der Waals surface area contributed by atoms with Crippen molar-refractivity contribution in [2.45, 2.75) is 45.8 Å². The first-order valence-corrected chi connectivity index (χ1v) is 5.94. The van der Waals surface area contributed by atoms with E-state index in [9.17, 15) is 4.79 Å². The lowest BCUT2D eigenvalue weighted by Gasteiger charge is -2.22. The van der Waals surface area contributed by atoms with Crippen LogP contribution in [0.1, 0.15) is 31.9 Å². The van der Waals surface area contributed by atoms with Gasteiger partial charge < -0.3 is 10.1 Å². The smallest absolute Gasteiger partial charge is 0.329 e. The van der Waals surface area contributed by atoms with E-state index >= 15 is 0 Å². The summed E-state index contributed by atoms with van der Waals surface area (Å²) in [7, 11) is 0. The van der Waals surface area contributed by atoms with Gasteiger partial charge in [-0.3, -0.25) is 0 Å². The Morgan fingerprint density at radius 3 is 2.76 bits per heavy atom. The molecular formula is C14H19NO2. The number of rotatable bonds is 1. The van der Waals surface area contributed by atoms with E-state index in [0.717, 1.165) is 5.69 Å². The fourth-order valence-corrected chi connectivity index (χ4v) is 1.98. The minimum absolute atomic E-state index is 0.175. The van der Waals surface area contributed by atoms with E-state index in [4.69, 9.17) is 4.74 Å². The number of carbonyl (C=O) groups excluding carboxylic acids is 1. The van der Waals surface area contributed by atoms with E-state index in [0.29, 0.717) is 6.42 Å². The molecule has 1 atom stereocenters. The zero-order valence-corrected chi connectivity index (χ0v) is 10.8. The topological polar surface area (TPSA) is 38.3 Å². The van der Waals surface area contributed by atoms with Crippen molar-refractivity contribution in [1.82, 2.24) is 0 Å². The number of fused-ring (bicyclic) bond motifs is 1. The van der Waals surface area contributed by atoms with Gasteiger partial charge in [0.2, 0.25) is 0 Å². The molecule has 1 aliphatic rings. The number of carbonyl (C=O) groups is 1. The summed E-state index contributed by atoms with van der Waals surface area (Å²) in [6, 6.07) is 5.96. The molecule has 1 heterocycles. The Hall–Kier alpha value is -1.51. The number of hydrogen-bond donors (Lipinski definition) is 1. The van der Waals surface area contributed by atoms with Crippen molar-refractivity contribution in [1.29, 1.82) is 0 Å². The second-order valence-electron chi connectivity index (χ2n) is 5.60. The Labute approximate surface area is 102 Å². The highest BCUT2D eigenvalue weighted by molar-refractivity contribution is 5.83. The molecule has 1 aliphatic heterocycles. The number of aryl methyl sites for hydroxylation is 1. The van der Waals surface area contributed by atoms with Crippen LogP contribution in [0.15, 0.2) is 18.2 Å². The van der Waals surface area contributed by atoms with Crippen molar-refractivity contribution in [2.24, 2.45) is 0 Å². The highest BCUT2D eigenvalue weighted by Crippen LogP contribution is 2.27. The van der Waals surface area contributed by atoms with Crippen LogP contribution < -0.4 is 5.32 Å². The first kappa shape index (κ1) is 12.0. The van der Waals surface area contributed by atoms with Crippen LogP contribution in [0.4, 0.5) is 5.69 Å². The summed E-state index contributed by atoms with van der Waals surface area (Å²) in [5, 5.41) is 3.22. The van der Waals surface area contributed by atoms with Crippen molar-refractivity contribution < 1.29 is 9.53 Å². The van der Waals surface area contributed by atoms with Gasteiger partial charge in [0.25, 0.3) is 0 Å². The minimum atomic E-state index is -0.427. The maximum absolute atomic E-state index is 11.9. The first-order chi connectivity index (χ1) is 7.85. The van der Waals surface area contributed by atoms with Crippen LogP contribution in [0.5, 0.6) is 0 Å². The molecule has 1 aromatic rings. The molecule has 0 amide bonds. The normalized spacial score (nSPS) is 18.5. The average Bonchev–Trinajstić information content (AvgIpc) is 2.57. The fraction of sp³-hybridized carbons (Fsp3) is 0.500. The molecule has 0 saturated heterocycles.